The Morgan fingerprint density at radius 2 is 1.46 bits per heavy atom. The minimum atomic E-state index is -0.762. The van der Waals surface area contributed by atoms with Gasteiger partial charge in [-0.3, -0.25) is 0 Å². The van der Waals surface area contributed by atoms with Crippen LogP contribution >= 0.6 is 0 Å². The van der Waals surface area contributed by atoms with Gasteiger partial charge in [0, 0.05) is 13.0 Å². The van der Waals surface area contributed by atoms with E-state index in [0.29, 0.717) is 18.2 Å². The molecule has 0 amide bonds. The monoisotopic (exact) mass is 471 g/mol. The number of aryl methyl sites for hydroxylation is 3. The number of rotatable bonds is 7. The Kier molecular flexibility index (Phi) is 6.90. The zero-order valence-corrected chi connectivity index (χ0v) is 20.4. The van der Waals surface area contributed by atoms with Gasteiger partial charge in [0.05, 0.1) is 12.1 Å². The van der Waals surface area contributed by atoms with Gasteiger partial charge < -0.3 is 10.2 Å². The number of hydrogen-bond acceptors (Lipinski definition) is 8. The molecule has 180 valence electrons. The molecule has 0 aliphatic heterocycles. The first kappa shape index (κ1) is 24.4. The SMILES string of the molecule is Cc1nnc(C2(C[C@H](C)N)c3ccc(C(C)N=C=O)cc3CCc3cc(C(C)N=C=O)ccc32)o1. The highest BCUT2D eigenvalue weighted by atomic mass is 16.4. The lowest BCUT2D eigenvalue weighted by Gasteiger charge is -2.35. The maximum atomic E-state index is 10.9. The van der Waals surface area contributed by atoms with Gasteiger partial charge in [0.15, 0.2) is 0 Å². The van der Waals surface area contributed by atoms with Crippen molar-refractivity contribution < 1.29 is 14.0 Å². The Labute approximate surface area is 204 Å². The first-order chi connectivity index (χ1) is 16.8. The molecule has 8 nitrogen and oxygen atoms in total. The molecule has 1 heterocycles. The first-order valence-corrected chi connectivity index (χ1v) is 11.8. The summed E-state index contributed by atoms with van der Waals surface area (Å²) >= 11 is 0. The number of aromatic nitrogens is 2. The first-order valence-electron chi connectivity index (χ1n) is 11.8. The predicted octanol–water partition coefficient (Wildman–Crippen LogP) is 4.34. The van der Waals surface area contributed by atoms with Crippen molar-refractivity contribution in [2.45, 2.75) is 70.5 Å². The molecule has 4 rings (SSSR count). The van der Waals surface area contributed by atoms with Gasteiger partial charge >= 0.3 is 0 Å². The fourth-order valence-corrected chi connectivity index (χ4v) is 5.20. The summed E-state index contributed by atoms with van der Waals surface area (Å²) in [5.41, 5.74) is 11.9. The third kappa shape index (κ3) is 4.52. The molecular formula is C27H29N5O3. The van der Waals surface area contributed by atoms with Crippen LogP contribution in [0, 0.1) is 6.92 Å². The number of aliphatic imine (C=N–C) groups is 2. The summed E-state index contributed by atoms with van der Waals surface area (Å²) in [5, 5.41) is 8.65. The van der Waals surface area contributed by atoms with Crippen LogP contribution in [-0.4, -0.2) is 28.4 Å². The van der Waals surface area contributed by atoms with Crippen LogP contribution in [0.4, 0.5) is 0 Å². The van der Waals surface area contributed by atoms with Crippen molar-refractivity contribution in [3.05, 3.63) is 81.6 Å². The van der Waals surface area contributed by atoms with Gasteiger partial charge in [0.25, 0.3) is 0 Å². The van der Waals surface area contributed by atoms with Gasteiger partial charge in [0.2, 0.25) is 23.9 Å². The Bertz CT molecular complexity index is 1260. The molecule has 0 bridgehead atoms. The lowest BCUT2D eigenvalue weighted by molar-refractivity contribution is 0.366. The highest BCUT2D eigenvalue weighted by Crippen LogP contribution is 2.48. The molecule has 0 spiro atoms. The van der Waals surface area contributed by atoms with Gasteiger partial charge in [0.1, 0.15) is 5.41 Å². The largest absolute Gasteiger partial charge is 0.424 e. The number of benzene rings is 2. The van der Waals surface area contributed by atoms with Crippen LogP contribution in [0.1, 0.15) is 84.4 Å². The van der Waals surface area contributed by atoms with Crippen molar-refractivity contribution in [3.63, 3.8) is 0 Å². The van der Waals surface area contributed by atoms with E-state index in [2.05, 4.69) is 44.4 Å². The summed E-state index contributed by atoms with van der Waals surface area (Å²) in [5.74, 6) is 0.975. The predicted molar refractivity (Wildman–Crippen MR) is 131 cm³/mol. The third-order valence-electron chi connectivity index (χ3n) is 6.82. The molecule has 0 saturated carbocycles. The van der Waals surface area contributed by atoms with Crippen molar-refractivity contribution in [2.75, 3.05) is 0 Å². The summed E-state index contributed by atoms with van der Waals surface area (Å²) in [4.78, 5) is 29.5. The Morgan fingerprint density at radius 1 is 0.943 bits per heavy atom. The van der Waals surface area contributed by atoms with E-state index in [-0.39, 0.29) is 18.1 Å². The Morgan fingerprint density at radius 3 is 1.86 bits per heavy atom. The number of fused-ring (bicyclic) bond motifs is 2. The van der Waals surface area contributed by atoms with E-state index in [1.54, 1.807) is 19.1 Å². The Hall–Kier alpha value is -3.70. The fourth-order valence-electron chi connectivity index (χ4n) is 5.20. The van der Waals surface area contributed by atoms with Crippen LogP contribution in [-0.2, 0) is 27.8 Å². The minimum absolute atomic E-state index is 0.169. The average Bonchev–Trinajstić information content (AvgIpc) is 3.22. The van der Waals surface area contributed by atoms with Crippen LogP contribution in [0.3, 0.4) is 0 Å². The zero-order valence-electron chi connectivity index (χ0n) is 20.4. The smallest absolute Gasteiger partial charge is 0.235 e. The second-order valence-electron chi connectivity index (χ2n) is 9.34. The molecule has 35 heavy (non-hydrogen) atoms. The Balaban J connectivity index is 2.02. The van der Waals surface area contributed by atoms with Crippen LogP contribution < -0.4 is 5.73 Å². The molecule has 3 aromatic rings. The normalized spacial score (nSPS) is 19.2. The number of hydrogen-bond donors (Lipinski definition) is 1. The lowest BCUT2D eigenvalue weighted by atomic mass is 9.68. The van der Waals surface area contributed by atoms with E-state index in [1.165, 1.54) is 0 Å². The topological polar surface area (TPSA) is 124 Å². The molecule has 2 aromatic carbocycles. The fraction of sp³-hybridized carbons (Fsp3) is 0.407. The van der Waals surface area contributed by atoms with E-state index in [1.807, 2.05) is 32.9 Å². The van der Waals surface area contributed by atoms with Crippen molar-refractivity contribution in [1.82, 2.24) is 10.2 Å². The van der Waals surface area contributed by atoms with Gasteiger partial charge in [-0.05, 0) is 73.4 Å². The van der Waals surface area contributed by atoms with Crippen molar-refractivity contribution in [3.8, 4) is 0 Å². The average molecular weight is 472 g/mol. The van der Waals surface area contributed by atoms with Crippen molar-refractivity contribution in [1.29, 1.82) is 0 Å². The maximum absolute atomic E-state index is 10.9. The molecule has 0 fully saturated rings. The standard InChI is InChI=1S/C27H29N5O3/c1-16(28)13-27(26-32-31-19(4)35-26)24-9-7-20(17(2)29-14-33)11-22(24)5-6-23-12-21(8-10-25(23)27)18(3)30-15-34/h7-12,16-18H,5-6,13,28H2,1-4H3/t16-,17?,18?,27?/m0/s1. The molecule has 1 aliphatic rings. The van der Waals surface area contributed by atoms with Crippen LogP contribution in [0.25, 0.3) is 0 Å². The lowest BCUT2D eigenvalue weighted by Crippen LogP contribution is -2.37. The molecule has 1 aliphatic carbocycles. The number of nitrogens with two attached hydrogens (primary N) is 1. The van der Waals surface area contributed by atoms with E-state index < -0.39 is 5.41 Å². The minimum Gasteiger partial charge on any atom is -0.424 e. The molecule has 1 aromatic heterocycles. The van der Waals surface area contributed by atoms with Crippen molar-refractivity contribution >= 4 is 12.2 Å². The zero-order chi connectivity index (χ0) is 25.2. The highest BCUT2D eigenvalue weighted by molar-refractivity contribution is 5.56. The quantitative estimate of drug-likeness (QED) is 0.404. The van der Waals surface area contributed by atoms with Gasteiger partial charge in [-0.15, -0.1) is 10.2 Å². The number of nitrogens with zero attached hydrogens (tertiary/aromatic N) is 4. The summed E-state index contributed by atoms with van der Waals surface area (Å²) < 4.78 is 6.11. The van der Waals surface area contributed by atoms with Crippen LogP contribution in [0.15, 0.2) is 50.8 Å². The summed E-state index contributed by atoms with van der Waals surface area (Å²) in [7, 11) is 0. The van der Waals surface area contributed by atoms with Crippen molar-refractivity contribution in [2.24, 2.45) is 15.7 Å². The maximum Gasteiger partial charge on any atom is 0.235 e. The van der Waals surface area contributed by atoms with Gasteiger partial charge in [-0.2, -0.15) is 9.98 Å². The number of isocyanates is 2. The third-order valence-corrected chi connectivity index (χ3v) is 6.82. The molecule has 0 radical (unpaired) electrons. The van der Waals surface area contributed by atoms with E-state index in [4.69, 9.17) is 10.2 Å². The van der Waals surface area contributed by atoms with Crippen LogP contribution in [0.5, 0.6) is 0 Å². The summed E-state index contributed by atoms with van der Waals surface area (Å²) in [6.07, 6.45) is 5.39. The summed E-state index contributed by atoms with van der Waals surface area (Å²) in [6.45, 7) is 7.49. The van der Waals surface area contributed by atoms with Gasteiger partial charge in [-0.25, -0.2) is 9.59 Å². The highest BCUT2D eigenvalue weighted by Gasteiger charge is 2.46. The molecule has 0 saturated heterocycles. The van der Waals surface area contributed by atoms with E-state index in [9.17, 15) is 9.59 Å². The van der Waals surface area contributed by atoms with E-state index >= 15 is 0 Å². The molecule has 8 heteroatoms. The molecule has 3 atom stereocenters. The molecule has 2 unspecified atom stereocenters. The number of carbonyl (C=O) groups excluding carboxylic acids is 2. The van der Waals surface area contributed by atoms with E-state index in [0.717, 1.165) is 46.2 Å². The second-order valence-corrected chi connectivity index (χ2v) is 9.34. The van der Waals surface area contributed by atoms with Crippen LogP contribution in [0.2, 0.25) is 0 Å². The molecule has 2 N–H and O–H groups in total. The molecular weight excluding hydrogens is 442 g/mol. The second kappa shape index (κ2) is 9.88. The van der Waals surface area contributed by atoms with Gasteiger partial charge in [-0.1, -0.05) is 36.4 Å². The summed E-state index contributed by atoms with van der Waals surface area (Å²) in [6, 6.07) is 11.6.